The standard InChI is InChI=1S/C61H68F7N11O8/c1-32-25-50(38-28-44-46(30-40(38)62)71-54(69-44)48-5-3-15-77(48)56(80)51(73-58(82)83)33-11-21-86-22-12-33)79(37-26-42(64)53(43(65)27-37)76-19-17-75(18-20-76)36-9-7-35(8-10-36)61(66,67)68)60(32,2)39-29-45-47(31-41(39)63)72-55(70-45)49-6-4-16-78(49)57(81)52(74-59(84)85)34-13-23-87-24-14-34/h7-10,26-34,48-52,73-74H,3-6,11-25H2,1-2H3,(H,69,71)(H,70,72)(H,82,83)(H,84,85)/t32?,48?,49?,50-,51?,52+,60+/m1/s1. The van der Waals surface area contributed by atoms with Crippen LogP contribution >= 0.6 is 0 Å². The minimum absolute atomic E-state index is 0.0353. The molecule has 2 aromatic heterocycles. The van der Waals surface area contributed by atoms with E-state index in [2.05, 4.69) is 20.6 Å². The molecule has 6 saturated heterocycles. The van der Waals surface area contributed by atoms with Gasteiger partial charge in [-0.2, -0.15) is 13.2 Å². The summed E-state index contributed by atoms with van der Waals surface area (Å²) in [6.45, 7) is 6.42. The van der Waals surface area contributed by atoms with Gasteiger partial charge < -0.3 is 64.8 Å². The summed E-state index contributed by atoms with van der Waals surface area (Å²) in [5.41, 5.74) is -0.786. The highest BCUT2D eigenvalue weighted by Gasteiger charge is 2.53. The Balaban J connectivity index is 0.893. The average molecular weight is 1220 g/mol. The number of aromatic amines is 2. The second-order valence-corrected chi connectivity index (χ2v) is 24.1. The minimum atomic E-state index is -4.52. The zero-order valence-electron chi connectivity index (χ0n) is 47.9. The quantitative estimate of drug-likeness (QED) is 0.0593. The van der Waals surface area contributed by atoms with Crippen LogP contribution in [0.5, 0.6) is 0 Å². The van der Waals surface area contributed by atoms with Crippen molar-refractivity contribution >= 4 is 63.1 Å². The van der Waals surface area contributed by atoms with E-state index in [1.54, 1.807) is 33.8 Å². The fourth-order valence-electron chi connectivity index (χ4n) is 14.6. The Bertz CT molecular complexity index is 3560. The van der Waals surface area contributed by atoms with Crippen LogP contribution in [-0.4, -0.2) is 142 Å². The van der Waals surface area contributed by atoms with Crippen molar-refractivity contribution in [3.8, 4) is 0 Å². The Labute approximate surface area is 495 Å². The number of hydrogen-bond acceptors (Lipinski definition) is 11. The molecule has 87 heavy (non-hydrogen) atoms. The number of nitrogens with zero attached hydrogens (tertiary/aromatic N) is 7. The van der Waals surface area contributed by atoms with Crippen molar-refractivity contribution in [2.24, 2.45) is 17.8 Å². The number of nitrogens with one attached hydrogen (secondary N) is 4. The lowest BCUT2D eigenvalue weighted by Crippen LogP contribution is -2.52. The van der Waals surface area contributed by atoms with Crippen molar-refractivity contribution in [3.05, 3.63) is 112 Å². The summed E-state index contributed by atoms with van der Waals surface area (Å²) in [4.78, 5) is 77.0. The van der Waals surface area contributed by atoms with Crippen molar-refractivity contribution in [2.75, 3.05) is 80.4 Å². The van der Waals surface area contributed by atoms with Gasteiger partial charge in [-0.1, -0.05) is 6.92 Å². The maximum atomic E-state index is 17.5. The zero-order valence-corrected chi connectivity index (χ0v) is 47.9. The van der Waals surface area contributed by atoms with Gasteiger partial charge in [0.25, 0.3) is 0 Å². The number of aromatic nitrogens is 4. The van der Waals surface area contributed by atoms with Crippen LogP contribution in [-0.2, 0) is 30.8 Å². The molecule has 19 nitrogen and oxygen atoms in total. The molecule has 7 atom stereocenters. The maximum absolute atomic E-state index is 17.5. The summed E-state index contributed by atoms with van der Waals surface area (Å²) < 4.78 is 120. The Kier molecular flexibility index (Phi) is 16.2. The first-order valence-electron chi connectivity index (χ1n) is 29.8. The van der Waals surface area contributed by atoms with Crippen LogP contribution in [0.4, 0.5) is 57.4 Å². The van der Waals surface area contributed by atoms with Crippen LogP contribution < -0.4 is 25.3 Å². The number of halogens is 7. The van der Waals surface area contributed by atoms with E-state index < -0.39 is 101 Å². The highest BCUT2D eigenvalue weighted by atomic mass is 19.4. The van der Waals surface area contributed by atoms with Crippen molar-refractivity contribution in [2.45, 2.75) is 114 Å². The number of carbonyl (C=O) groups excluding carboxylic acids is 2. The van der Waals surface area contributed by atoms with Gasteiger partial charge in [-0.25, -0.2) is 37.1 Å². The van der Waals surface area contributed by atoms with Crippen LogP contribution in [0, 0.1) is 41.0 Å². The van der Waals surface area contributed by atoms with E-state index in [-0.39, 0.29) is 78.0 Å². The molecule has 0 spiro atoms. The smallest absolute Gasteiger partial charge is 0.416 e. The number of ether oxygens (including phenoxy) is 2. The van der Waals surface area contributed by atoms with Crippen molar-refractivity contribution in [3.63, 3.8) is 0 Å². The molecule has 4 amide bonds. The maximum Gasteiger partial charge on any atom is 0.416 e. The number of fused-ring (bicyclic) bond motifs is 2. The fourth-order valence-corrected chi connectivity index (χ4v) is 14.6. The molecule has 0 saturated carbocycles. The topological polar surface area (TPSA) is 225 Å². The van der Waals surface area contributed by atoms with E-state index in [9.17, 15) is 42.6 Å². The third-order valence-electron chi connectivity index (χ3n) is 19.2. The molecule has 464 valence electrons. The number of H-pyrrole nitrogens is 2. The summed E-state index contributed by atoms with van der Waals surface area (Å²) in [5, 5.41) is 24.5. The number of rotatable bonds is 13. The number of hydrogen-bond donors (Lipinski definition) is 6. The minimum Gasteiger partial charge on any atom is -0.465 e. The molecule has 0 radical (unpaired) electrons. The number of benzene rings is 4. The van der Waals surface area contributed by atoms with E-state index in [0.717, 1.165) is 24.3 Å². The molecule has 6 aromatic rings. The average Bonchev–Trinajstić information content (AvgIpc) is 1.64. The Morgan fingerprint density at radius 3 is 1.60 bits per heavy atom. The molecule has 6 N–H and O–H groups in total. The molecule has 4 aromatic carbocycles. The van der Waals surface area contributed by atoms with Gasteiger partial charge in [0.15, 0.2) is 11.6 Å². The number of amides is 4. The number of piperazine rings is 1. The number of carboxylic acid groups (broad SMARTS) is 2. The Morgan fingerprint density at radius 2 is 1.10 bits per heavy atom. The SMILES string of the molecule is CC1C[C@H](c2cc3[nH]c(C4CCCN4C(=O)C(NC(=O)O)C4CCOCC4)nc3cc2F)N(c2cc(F)c(N3CCN(c4ccc(C(F)(F)F)cc4)CC3)c(F)c2)[C@]1(C)c1cc2[nH]c(C3CCCN3C(=O)[C@@H](NC(=O)O)C3CCOCC3)nc2cc1F. The zero-order chi connectivity index (χ0) is 61.2. The van der Waals surface area contributed by atoms with Crippen molar-refractivity contribution in [1.29, 1.82) is 0 Å². The number of carbonyl (C=O) groups is 4. The summed E-state index contributed by atoms with van der Waals surface area (Å²) in [6, 6.07) is 8.32. The van der Waals surface area contributed by atoms with Crippen LogP contribution in [0.25, 0.3) is 22.1 Å². The van der Waals surface area contributed by atoms with Gasteiger partial charge in [0.05, 0.1) is 51.3 Å². The number of alkyl halides is 3. The van der Waals surface area contributed by atoms with Gasteiger partial charge >= 0.3 is 18.4 Å². The van der Waals surface area contributed by atoms with Crippen LogP contribution in [0.15, 0.2) is 60.7 Å². The van der Waals surface area contributed by atoms with Gasteiger partial charge in [0, 0.05) is 100 Å². The van der Waals surface area contributed by atoms with Gasteiger partial charge in [-0.15, -0.1) is 0 Å². The second kappa shape index (κ2) is 23.7. The first-order valence-corrected chi connectivity index (χ1v) is 29.8. The Morgan fingerprint density at radius 1 is 0.621 bits per heavy atom. The number of imidazole rings is 2. The third kappa shape index (κ3) is 11.3. The normalized spacial score (nSPS) is 24.1. The lowest BCUT2D eigenvalue weighted by atomic mass is 9.80. The molecule has 0 bridgehead atoms. The molecular weight excluding hydrogens is 1150 g/mol. The monoisotopic (exact) mass is 1220 g/mol. The molecule has 6 aliphatic rings. The lowest BCUT2D eigenvalue weighted by Gasteiger charge is -2.43. The summed E-state index contributed by atoms with van der Waals surface area (Å²) >= 11 is 0. The van der Waals surface area contributed by atoms with Gasteiger partial charge in [0.2, 0.25) is 11.8 Å². The molecule has 0 aliphatic carbocycles. The van der Waals surface area contributed by atoms with E-state index >= 15 is 17.6 Å². The van der Waals surface area contributed by atoms with E-state index in [1.165, 1.54) is 29.2 Å². The van der Waals surface area contributed by atoms with E-state index in [0.29, 0.717) is 119 Å². The van der Waals surface area contributed by atoms with Crippen LogP contribution in [0.3, 0.4) is 0 Å². The van der Waals surface area contributed by atoms with Gasteiger partial charge in [-0.3, -0.25) is 9.59 Å². The number of anilines is 3. The predicted octanol–water partition coefficient (Wildman–Crippen LogP) is 10.3. The predicted molar refractivity (Wildman–Crippen MR) is 305 cm³/mol. The fraction of sp³-hybridized carbons (Fsp3) is 0.508. The van der Waals surface area contributed by atoms with E-state index in [4.69, 9.17) is 19.4 Å². The molecule has 6 aliphatic heterocycles. The molecule has 12 rings (SSSR count). The third-order valence-corrected chi connectivity index (χ3v) is 19.2. The van der Waals surface area contributed by atoms with Crippen LogP contribution in [0.1, 0.15) is 118 Å². The van der Waals surface area contributed by atoms with Gasteiger partial charge in [-0.05, 0) is 131 Å². The summed E-state index contributed by atoms with van der Waals surface area (Å²) in [5.74, 6) is -4.64. The summed E-state index contributed by atoms with van der Waals surface area (Å²) in [6.07, 6.45) is -2.99. The molecule has 8 heterocycles. The first-order chi connectivity index (χ1) is 41.7. The number of likely N-dealkylation sites (tertiary alicyclic amines) is 2. The Hall–Kier alpha value is -7.87. The first kappa shape index (κ1) is 59.5. The molecule has 4 unspecified atom stereocenters. The highest BCUT2D eigenvalue weighted by Crippen LogP contribution is 2.56. The molecule has 26 heteroatoms. The largest absolute Gasteiger partial charge is 0.465 e. The van der Waals surface area contributed by atoms with E-state index in [1.807, 2.05) is 11.8 Å². The van der Waals surface area contributed by atoms with Crippen molar-refractivity contribution in [1.82, 2.24) is 40.4 Å². The van der Waals surface area contributed by atoms with Crippen LogP contribution in [0.2, 0.25) is 0 Å². The lowest BCUT2D eigenvalue weighted by molar-refractivity contribution is -0.138. The summed E-state index contributed by atoms with van der Waals surface area (Å²) in [7, 11) is 0. The van der Waals surface area contributed by atoms with Gasteiger partial charge in [0.1, 0.15) is 41.1 Å². The molecule has 6 fully saturated rings. The molecular formula is C61H68F7N11O8. The second-order valence-electron chi connectivity index (χ2n) is 24.1. The van der Waals surface area contributed by atoms with Crippen molar-refractivity contribution < 1.29 is 69.6 Å². The highest BCUT2D eigenvalue weighted by molar-refractivity contribution is 5.88.